The molecule has 2 aromatic rings. The van der Waals surface area contributed by atoms with Gasteiger partial charge in [-0.1, -0.05) is 56.1 Å². The van der Waals surface area contributed by atoms with Crippen LogP contribution in [0.3, 0.4) is 0 Å². The van der Waals surface area contributed by atoms with Gasteiger partial charge in [-0.25, -0.2) is 0 Å². The highest BCUT2D eigenvalue weighted by atomic mass is 79.9. The van der Waals surface area contributed by atoms with Gasteiger partial charge >= 0.3 is 0 Å². The minimum atomic E-state index is 0.274. The Morgan fingerprint density at radius 2 is 1.79 bits per heavy atom. The molecule has 2 heteroatoms. The number of hydrogen-bond donors (Lipinski definition) is 0. The number of benzene rings is 2. The average molecular weight is 380 g/mol. The molecule has 0 saturated heterocycles. The molecule has 3 rings (SSSR count). The molecule has 0 N–H and O–H groups in total. The zero-order chi connectivity index (χ0) is 13.4. The van der Waals surface area contributed by atoms with Crippen molar-refractivity contribution in [3.05, 3.63) is 68.7 Å². The predicted molar refractivity (Wildman–Crippen MR) is 88.1 cm³/mol. The van der Waals surface area contributed by atoms with E-state index in [1.165, 1.54) is 47.1 Å². The first kappa shape index (κ1) is 13.4. The Labute approximate surface area is 131 Å². The molecule has 0 spiro atoms. The summed E-state index contributed by atoms with van der Waals surface area (Å²) in [6.07, 6.45) is 3.79. The first-order valence-corrected chi connectivity index (χ1v) is 8.38. The summed E-state index contributed by atoms with van der Waals surface area (Å²) in [6, 6.07) is 13.4. The lowest BCUT2D eigenvalue weighted by Gasteiger charge is -2.15. The van der Waals surface area contributed by atoms with Crippen molar-refractivity contribution in [1.29, 1.82) is 0 Å². The molecule has 1 aliphatic carbocycles. The van der Waals surface area contributed by atoms with Crippen LogP contribution in [-0.4, -0.2) is 0 Å². The number of halogens is 2. The molecular formula is C17H16Br2. The van der Waals surface area contributed by atoms with Gasteiger partial charge in [-0.15, -0.1) is 0 Å². The van der Waals surface area contributed by atoms with E-state index in [-0.39, 0.29) is 4.83 Å². The van der Waals surface area contributed by atoms with E-state index in [9.17, 15) is 0 Å². The molecule has 98 valence electrons. The van der Waals surface area contributed by atoms with Gasteiger partial charge in [-0.05, 0) is 66.1 Å². The molecular weight excluding hydrogens is 364 g/mol. The Hall–Kier alpha value is -0.600. The average Bonchev–Trinajstić information content (AvgIpc) is 2.88. The second kappa shape index (κ2) is 5.41. The second-order valence-corrected chi connectivity index (χ2v) is 7.08. The van der Waals surface area contributed by atoms with Crippen molar-refractivity contribution in [2.75, 3.05) is 0 Å². The summed E-state index contributed by atoms with van der Waals surface area (Å²) in [5.41, 5.74) is 7.10. The number of alkyl halides is 1. The van der Waals surface area contributed by atoms with Crippen LogP contribution in [0.1, 0.15) is 39.1 Å². The molecule has 1 unspecified atom stereocenters. The Balaban J connectivity index is 1.99. The van der Waals surface area contributed by atoms with Crippen molar-refractivity contribution in [3.8, 4) is 0 Å². The fourth-order valence-electron chi connectivity index (χ4n) is 2.81. The molecule has 0 nitrogen and oxygen atoms in total. The van der Waals surface area contributed by atoms with Crippen LogP contribution in [0, 0.1) is 6.92 Å². The third-order valence-electron chi connectivity index (χ3n) is 3.93. The molecule has 0 radical (unpaired) electrons. The monoisotopic (exact) mass is 378 g/mol. The van der Waals surface area contributed by atoms with Gasteiger partial charge in [0.25, 0.3) is 0 Å². The van der Waals surface area contributed by atoms with Gasteiger partial charge in [-0.2, -0.15) is 0 Å². The number of hydrogen-bond acceptors (Lipinski definition) is 0. The van der Waals surface area contributed by atoms with E-state index in [4.69, 9.17) is 0 Å². The molecule has 0 aliphatic heterocycles. The van der Waals surface area contributed by atoms with E-state index in [0.717, 1.165) is 4.47 Å². The molecule has 19 heavy (non-hydrogen) atoms. The molecule has 0 fully saturated rings. The molecule has 2 aromatic carbocycles. The maximum atomic E-state index is 3.87. The van der Waals surface area contributed by atoms with Gasteiger partial charge in [0.15, 0.2) is 0 Å². The quantitative estimate of drug-likeness (QED) is 0.584. The molecule has 0 amide bonds. The minimum Gasteiger partial charge on any atom is -0.0786 e. The Morgan fingerprint density at radius 3 is 2.63 bits per heavy atom. The van der Waals surface area contributed by atoms with Crippen molar-refractivity contribution >= 4 is 31.9 Å². The highest BCUT2D eigenvalue weighted by Gasteiger charge is 2.17. The van der Waals surface area contributed by atoms with Crippen LogP contribution in [-0.2, 0) is 12.8 Å². The summed E-state index contributed by atoms with van der Waals surface area (Å²) in [6.45, 7) is 2.17. The standard InChI is InChI=1S/C17H16Br2/c1-11-5-8-15(18)10-16(11)17(19)14-7-6-12-3-2-4-13(12)9-14/h5-10,17H,2-4H2,1H3. The highest BCUT2D eigenvalue weighted by Crippen LogP contribution is 2.36. The normalized spacial score (nSPS) is 15.3. The molecule has 1 atom stereocenters. The van der Waals surface area contributed by atoms with Crippen molar-refractivity contribution in [2.45, 2.75) is 31.0 Å². The van der Waals surface area contributed by atoms with Gasteiger partial charge < -0.3 is 0 Å². The Kier molecular flexibility index (Phi) is 3.81. The molecule has 1 aliphatic rings. The molecule has 0 aromatic heterocycles. The smallest absolute Gasteiger partial charge is 0.0647 e. The van der Waals surface area contributed by atoms with E-state index in [1.807, 2.05) is 0 Å². The lowest BCUT2D eigenvalue weighted by Crippen LogP contribution is -1.97. The van der Waals surface area contributed by atoms with Crippen molar-refractivity contribution in [1.82, 2.24) is 0 Å². The minimum absolute atomic E-state index is 0.274. The highest BCUT2D eigenvalue weighted by molar-refractivity contribution is 9.10. The largest absolute Gasteiger partial charge is 0.0786 e. The summed E-state index contributed by atoms with van der Waals surface area (Å²) in [7, 11) is 0. The van der Waals surface area contributed by atoms with Crippen LogP contribution in [0.25, 0.3) is 0 Å². The third-order valence-corrected chi connectivity index (χ3v) is 5.44. The summed E-state index contributed by atoms with van der Waals surface area (Å²) in [4.78, 5) is 0.274. The fourth-order valence-corrected chi connectivity index (χ4v) is 3.97. The van der Waals surface area contributed by atoms with E-state index >= 15 is 0 Å². The van der Waals surface area contributed by atoms with E-state index in [0.29, 0.717) is 0 Å². The number of rotatable bonds is 2. The lowest BCUT2D eigenvalue weighted by molar-refractivity contribution is 0.911. The summed E-state index contributed by atoms with van der Waals surface area (Å²) in [5.74, 6) is 0. The zero-order valence-corrected chi connectivity index (χ0v) is 14.1. The molecule has 0 bridgehead atoms. The fraction of sp³-hybridized carbons (Fsp3) is 0.294. The number of aryl methyl sites for hydroxylation is 3. The topological polar surface area (TPSA) is 0 Å². The summed E-state index contributed by atoms with van der Waals surface area (Å²) >= 11 is 7.43. The van der Waals surface area contributed by atoms with Gasteiger partial charge in [-0.3, -0.25) is 0 Å². The third kappa shape index (κ3) is 2.66. The van der Waals surface area contributed by atoms with Gasteiger partial charge in [0, 0.05) is 4.47 Å². The Bertz CT molecular complexity index is 617. The van der Waals surface area contributed by atoms with Crippen LogP contribution in [0.15, 0.2) is 40.9 Å². The molecule has 0 heterocycles. The Morgan fingerprint density at radius 1 is 1.00 bits per heavy atom. The van der Waals surface area contributed by atoms with E-state index in [1.54, 1.807) is 0 Å². The summed E-state index contributed by atoms with van der Waals surface area (Å²) in [5, 5.41) is 0. The van der Waals surface area contributed by atoms with Crippen LogP contribution in [0.5, 0.6) is 0 Å². The van der Waals surface area contributed by atoms with Gasteiger partial charge in [0.1, 0.15) is 0 Å². The predicted octanol–water partition coefficient (Wildman–Crippen LogP) is 5.73. The van der Waals surface area contributed by atoms with Gasteiger partial charge in [0.2, 0.25) is 0 Å². The van der Waals surface area contributed by atoms with Crippen LogP contribution in [0.2, 0.25) is 0 Å². The van der Waals surface area contributed by atoms with Crippen LogP contribution >= 0.6 is 31.9 Å². The maximum absolute atomic E-state index is 3.87. The van der Waals surface area contributed by atoms with Crippen LogP contribution < -0.4 is 0 Å². The summed E-state index contributed by atoms with van der Waals surface area (Å²) < 4.78 is 1.14. The maximum Gasteiger partial charge on any atom is 0.0647 e. The SMILES string of the molecule is Cc1ccc(Br)cc1C(Br)c1ccc2c(c1)CCC2. The van der Waals surface area contributed by atoms with Gasteiger partial charge in [0.05, 0.1) is 4.83 Å². The molecule has 0 saturated carbocycles. The number of fused-ring (bicyclic) bond motifs is 1. The first-order valence-electron chi connectivity index (χ1n) is 6.67. The lowest BCUT2D eigenvalue weighted by atomic mass is 9.98. The van der Waals surface area contributed by atoms with Crippen molar-refractivity contribution in [3.63, 3.8) is 0 Å². The van der Waals surface area contributed by atoms with Crippen molar-refractivity contribution < 1.29 is 0 Å². The van der Waals surface area contributed by atoms with Crippen LogP contribution in [0.4, 0.5) is 0 Å². The second-order valence-electron chi connectivity index (χ2n) is 5.25. The zero-order valence-electron chi connectivity index (χ0n) is 10.9. The van der Waals surface area contributed by atoms with E-state index < -0.39 is 0 Å². The van der Waals surface area contributed by atoms with E-state index in [2.05, 4.69) is 75.2 Å². The van der Waals surface area contributed by atoms with Crippen molar-refractivity contribution in [2.24, 2.45) is 0 Å². The first-order chi connectivity index (χ1) is 9.15.